The first kappa shape index (κ1) is 25.1. The molecular weight excluding hydrogens is 510 g/mol. The Morgan fingerprint density at radius 2 is 1.61 bits per heavy atom. The molecule has 4 rings (SSSR count). The second-order valence-corrected chi connectivity index (χ2v) is 11.1. The van der Waals surface area contributed by atoms with Crippen LogP contribution in [0.4, 0.5) is 17.1 Å². The lowest BCUT2D eigenvalue weighted by Gasteiger charge is -2.09. The van der Waals surface area contributed by atoms with Gasteiger partial charge < -0.3 is 10.2 Å². The lowest BCUT2D eigenvalue weighted by molar-refractivity contribution is 0.434. The number of nitrogens with zero attached hydrogens (tertiary/aromatic N) is 4. The number of benzene rings is 3. The number of nitrogens with one attached hydrogen (secondary N) is 1. The summed E-state index contributed by atoms with van der Waals surface area (Å²) >= 11 is 0. The SMILES string of the molecule is CCS(=O)(=O)Nc1cccc(-n2nc(C)c(/N=N/c3c(O)cc(S(=O)(=O)O)c4ccccc34)c2O)c1. The van der Waals surface area contributed by atoms with Crippen molar-refractivity contribution < 1.29 is 31.6 Å². The van der Waals surface area contributed by atoms with E-state index >= 15 is 0 Å². The van der Waals surface area contributed by atoms with Crippen LogP contribution in [0.3, 0.4) is 0 Å². The molecule has 0 saturated carbocycles. The number of fused-ring (bicyclic) bond motifs is 1. The van der Waals surface area contributed by atoms with Crippen molar-refractivity contribution in [1.29, 1.82) is 0 Å². The fourth-order valence-electron chi connectivity index (χ4n) is 3.49. The molecule has 0 spiro atoms. The van der Waals surface area contributed by atoms with Crippen molar-refractivity contribution >= 4 is 48.0 Å². The molecule has 3 aromatic carbocycles. The molecular formula is C22H21N5O7S2. The number of anilines is 1. The number of aromatic hydroxyl groups is 2. The number of aryl methyl sites for hydroxylation is 1. The van der Waals surface area contributed by atoms with Crippen LogP contribution in [0.1, 0.15) is 12.6 Å². The fourth-order valence-corrected chi connectivity index (χ4v) is 4.83. The maximum Gasteiger partial charge on any atom is 0.295 e. The summed E-state index contributed by atoms with van der Waals surface area (Å²) in [5.41, 5.74) is 0.783. The van der Waals surface area contributed by atoms with E-state index in [0.29, 0.717) is 5.69 Å². The third kappa shape index (κ3) is 4.86. The van der Waals surface area contributed by atoms with E-state index < -0.39 is 36.7 Å². The highest BCUT2D eigenvalue weighted by molar-refractivity contribution is 7.92. The number of phenols is 1. The van der Waals surface area contributed by atoms with Crippen molar-refractivity contribution in [2.75, 3.05) is 10.5 Å². The lowest BCUT2D eigenvalue weighted by Crippen LogP contribution is -2.14. The van der Waals surface area contributed by atoms with Gasteiger partial charge in [0.25, 0.3) is 10.1 Å². The second kappa shape index (κ2) is 9.22. The Bertz CT molecular complexity index is 1730. The van der Waals surface area contributed by atoms with Crippen molar-refractivity contribution in [1.82, 2.24) is 9.78 Å². The van der Waals surface area contributed by atoms with Crippen molar-refractivity contribution in [3.63, 3.8) is 0 Å². The topological polar surface area (TPSA) is 184 Å². The first-order chi connectivity index (χ1) is 16.9. The summed E-state index contributed by atoms with van der Waals surface area (Å²) in [6.45, 7) is 3.07. The van der Waals surface area contributed by atoms with Crippen LogP contribution in [-0.4, -0.2) is 47.1 Å². The molecule has 0 aliphatic rings. The average Bonchev–Trinajstić information content (AvgIpc) is 3.10. The Morgan fingerprint density at radius 1 is 0.944 bits per heavy atom. The number of hydrogen-bond acceptors (Lipinski definition) is 9. The maximum atomic E-state index is 11.9. The molecule has 4 N–H and O–H groups in total. The van der Waals surface area contributed by atoms with Gasteiger partial charge in [-0.05, 0) is 32.0 Å². The van der Waals surface area contributed by atoms with Crippen LogP contribution < -0.4 is 4.72 Å². The monoisotopic (exact) mass is 531 g/mol. The van der Waals surface area contributed by atoms with E-state index in [2.05, 4.69) is 20.0 Å². The zero-order chi connectivity index (χ0) is 26.3. The summed E-state index contributed by atoms with van der Waals surface area (Å²) in [5.74, 6) is -1.06. The Morgan fingerprint density at radius 3 is 2.28 bits per heavy atom. The summed E-state index contributed by atoms with van der Waals surface area (Å²) in [7, 11) is -8.13. The highest BCUT2D eigenvalue weighted by atomic mass is 32.2. The molecule has 1 heterocycles. The van der Waals surface area contributed by atoms with Crippen LogP contribution >= 0.6 is 0 Å². The van der Waals surface area contributed by atoms with Gasteiger partial charge in [-0.3, -0.25) is 9.27 Å². The van der Waals surface area contributed by atoms with Gasteiger partial charge in [-0.2, -0.15) is 18.2 Å². The van der Waals surface area contributed by atoms with Crippen LogP contribution in [0.5, 0.6) is 11.6 Å². The van der Waals surface area contributed by atoms with E-state index in [-0.39, 0.29) is 39.3 Å². The van der Waals surface area contributed by atoms with Gasteiger partial charge in [0.15, 0.2) is 5.69 Å². The zero-order valence-corrected chi connectivity index (χ0v) is 20.6. The molecule has 0 bridgehead atoms. The van der Waals surface area contributed by atoms with Crippen LogP contribution in [0, 0.1) is 6.92 Å². The van der Waals surface area contributed by atoms with Crippen LogP contribution in [0.15, 0.2) is 69.7 Å². The van der Waals surface area contributed by atoms with Crippen LogP contribution in [-0.2, 0) is 20.1 Å². The molecule has 0 aliphatic carbocycles. The summed E-state index contributed by atoms with van der Waals surface area (Å²) < 4.78 is 60.3. The van der Waals surface area contributed by atoms with Gasteiger partial charge in [-0.15, -0.1) is 10.2 Å². The van der Waals surface area contributed by atoms with Crippen molar-refractivity contribution in [3.05, 3.63) is 60.3 Å². The van der Waals surface area contributed by atoms with Gasteiger partial charge in [0.1, 0.15) is 16.3 Å². The largest absolute Gasteiger partial charge is 0.506 e. The molecule has 0 amide bonds. The molecule has 1 aromatic heterocycles. The Kier molecular flexibility index (Phi) is 6.43. The van der Waals surface area contributed by atoms with E-state index in [4.69, 9.17) is 0 Å². The third-order valence-electron chi connectivity index (χ3n) is 5.24. The minimum atomic E-state index is -4.62. The predicted molar refractivity (Wildman–Crippen MR) is 133 cm³/mol. The normalized spacial score (nSPS) is 12.4. The van der Waals surface area contributed by atoms with Gasteiger partial charge in [0.2, 0.25) is 15.9 Å². The highest BCUT2D eigenvalue weighted by Crippen LogP contribution is 2.41. The van der Waals surface area contributed by atoms with Gasteiger partial charge in [-0.25, -0.2) is 8.42 Å². The minimum absolute atomic E-state index is 0.0307. The molecule has 0 fully saturated rings. The first-order valence-electron chi connectivity index (χ1n) is 10.4. The standard InChI is InChI=1S/C22H21N5O7S2/c1-3-35(30,31)26-14-7-6-8-15(11-14)27-22(29)20(13(2)25-27)23-24-21-17-10-5-4-9-16(17)19(12-18(21)28)36(32,33)34/h4-12,26,28-29H,3H2,1-2H3,(H,32,33,34)/b24-23+. The quantitative estimate of drug-likeness (QED) is 0.202. The summed E-state index contributed by atoms with van der Waals surface area (Å²) in [5, 5.41) is 33.8. The number of hydrogen-bond donors (Lipinski definition) is 4. The molecule has 4 aromatic rings. The molecule has 36 heavy (non-hydrogen) atoms. The van der Waals surface area contributed by atoms with E-state index in [1.165, 1.54) is 25.1 Å². The van der Waals surface area contributed by atoms with E-state index in [0.717, 1.165) is 10.7 Å². The summed E-state index contributed by atoms with van der Waals surface area (Å²) in [4.78, 5) is -0.486. The smallest absolute Gasteiger partial charge is 0.295 e. The molecule has 0 unspecified atom stereocenters. The average molecular weight is 532 g/mol. The lowest BCUT2D eigenvalue weighted by atomic mass is 10.1. The minimum Gasteiger partial charge on any atom is -0.506 e. The second-order valence-electron chi connectivity index (χ2n) is 7.69. The van der Waals surface area contributed by atoms with E-state index in [1.54, 1.807) is 37.3 Å². The van der Waals surface area contributed by atoms with Gasteiger partial charge in [0.05, 0.1) is 22.8 Å². The number of aromatic nitrogens is 2. The van der Waals surface area contributed by atoms with Gasteiger partial charge in [-0.1, -0.05) is 30.3 Å². The molecule has 14 heteroatoms. The van der Waals surface area contributed by atoms with Crippen LogP contribution in [0.2, 0.25) is 0 Å². The number of azo groups is 1. The molecule has 0 radical (unpaired) electrons. The van der Waals surface area contributed by atoms with Gasteiger partial charge in [0, 0.05) is 16.8 Å². The van der Waals surface area contributed by atoms with Crippen molar-refractivity contribution in [2.45, 2.75) is 18.7 Å². The molecule has 12 nitrogen and oxygen atoms in total. The first-order valence-corrected chi connectivity index (χ1v) is 13.5. The number of phenolic OH excluding ortho intramolecular Hbond substituents is 1. The van der Waals surface area contributed by atoms with Crippen LogP contribution in [0.25, 0.3) is 16.5 Å². The van der Waals surface area contributed by atoms with E-state index in [9.17, 15) is 31.6 Å². The molecule has 0 saturated heterocycles. The molecule has 188 valence electrons. The summed E-state index contributed by atoms with van der Waals surface area (Å²) in [6.07, 6.45) is 0. The van der Waals surface area contributed by atoms with E-state index in [1.807, 2.05) is 0 Å². The fraction of sp³-hybridized carbons (Fsp3) is 0.136. The maximum absolute atomic E-state index is 11.9. The Balaban J connectivity index is 1.77. The number of sulfonamides is 1. The molecule has 0 atom stereocenters. The number of rotatable bonds is 7. The predicted octanol–water partition coefficient (Wildman–Crippen LogP) is 4.17. The Labute approximate surface area is 206 Å². The molecule has 0 aliphatic heterocycles. The highest BCUT2D eigenvalue weighted by Gasteiger charge is 2.21. The third-order valence-corrected chi connectivity index (χ3v) is 7.44. The Hall–Kier alpha value is -4.01. The van der Waals surface area contributed by atoms with Crippen molar-refractivity contribution in [3.8, 4) is 17.3 Å². The van der Waals surface area contributed by atoms with Crippen molar-refractivity contribution in [2.24, 2.45) is 10.2 Å². The summed E-state index contributed by atoms with van der Waals surface area (Å²) in [6, 6.07) is 13.2. The zero-order valence-electron chi connectivity index (χ0n) is 19.0. The van der Waals surface area contributed by atoms with Gasteiger partial charge >= 0.3 is 0 Å².